The van der Waals surface area contributed by atoms with Crippen molar-refractivity contribution in [2.75, 3.05) is 0 Å². The molecular weight excluding hydrogens is 232 g/mol. The van der Waals surface area contributed by atoms with Gasteiger partial charge in [0.1, 0.15) is 0 Å². The lowest BCUT2D eigenvalue weighted by Crippen LogP contribution is -2.41. The molecular formula is C9H13BrOSi. The van der Waals surface area contributed by atoms with E-state index in [1.54, 1.807) is 0 Å². The van der Waals surface area contributed by atoms with E-state index < -0.39 is 8.32 Å². The summed E-state index contributed by atoms with van der Waals surface area (Å²) in [4.78, 5) is 9.86. The van der Waals surface area contributed by atoms with Gasteiger partial charge in [-0.1, -0.05) is 27.6 Å². The standard InChI is InChI=1S/C9H13BrOSi/c1-7-4-8(10)6-9(5-7)12(2,3)11/h4-6,11H,1-3H3. The van der Waals surface area contributed by atoms with Gasteiger partial charge >= 0.3 is 0 Å². The molecule has 0 saturated carbocycles. The van der Waals surface area contributed by atoms with E-state index in [1.807, 2.05) is 32.2 Å². The van der Waals surface area contributed by atoms with E-state index in [2.05, 4.69) is 22.0 Å². The minimum absolute atomic E-state index is 1.05. The third kappa shape index (κ3) is 2.44. The second kappa shape index (κ2) is 3.32. The maximum Gasteiger partial charge on any atom is 0.214 e. The van der Waals surface area contributed by atoms with Crippen LogP contribution in [0.5, 0.6) is 0 Å². The zero-order chi connectivity index (χ0) is 9.35. The molecule has 0 bridgehead atoms. The lowest BCUT2D eigenvalue weighted by atomic mass is 10.2. The van der Waals surface area contributed by atoms with E-state index in [0.29, 0.717) is 0 Å². The number of hydrogen-bond donors (Lipinski definition) is 1. The van der Waals surface area contributed by atoms with Crippen LogP contribution in [0.2, 0.25) is 13.1 Å². The van der Waals surface area contributed by atoms with E-state index in [9.17, 15) is 4.80 Å². The highest BCUT2D eigenvalue weighted by Crippen LogP contribution is 2.12. The Labute approximate surface area is 82.7 Å². The monoisotopic (exact) mass is 244 g/mol. The van der Waals surface area contributed by atoms with Crippen molar-refractivity contribution in [3.63, 3.8) is 0 Å². The molecule has 0 aliphatic rings. The van der Waals surface area contributed by atoms with Crippen LogP contribution in [0.15, 0.2) is 22.7 Å². The fourth-order valence-corrected chi connectivity index (χ4v) is 3.00. The predicted octanol–water partition coefficient (Wildman–Crippen LogP) is 2.16. The Balaban J connectivity index is 3.18. The fraction of sp³-hybridized carbons (Fsp3) is 0.333. The Bertz CT molecular complexity index is 271. The van der Waals surface area contributed by atoms with Gasteiger partial charge < -0.3 is 4.80 Å². The van der Waals surface area contributed by atoms with Gasteiger partial charge in [-0.05, 0) is 37.3 Å². The second-order valence-electron chi connectivity index (χ2n) is 3.58. The summed E-state index contributed by atoms with van der Waals surface area (Å²) in [6.45, 7) is 5.89. The summed E-state index contributed by atoms with van der Waals surface area (Å²) in [5, 5.41) is 1.08. The van der Waals surface area contributed by atoms with Gasteiger partial charge in [-0.2, -0.15) is 0 Å². The molecule has 1 rings (SSSR count). The summed E-state index contributed by atoms with van der Waals surface area (Å²) in [7, 11) is -2.13. The zero-order valence-corrected chi connectivity index (χ0v) is 10.1. The van der Waals surface area contributed by atoms with Crippen LogP contribution in [-0.2, 0) is 0 Å². The molecule has 0 spiro atoms. The van der Waals surface area contributed by atoms with Crippen molar-refractivity contribution in [3.8, 4) is 0 Å². The van der Waals surface area contributed by atoms with Crippen LogP contribution in [0.25, 0.3) is 0 Å². The fourth-order valence-electron chi connectivity index (χ4n) is 1.09. The first-order valence-corrected chi connectivity index (χ1v) is 7.63. The molecule has 0 aromatic heterocycles. The van der Waals surface area contributed by atoms with E-state index in [1.165, 1.54) is 5.56 Å². The van der Waals surface area contributed by atoms with Gasteiger partial charge in [0.15, 0.2) is 0 Å². The Morgan fingerprint density at radius 1 is 1.25 bits per heavy atom. The third-order valence-corrected chi connectivity index (χ3v) is 3.91. The largest absolute Gasteiger partial charge is 0.428 e. The van der Waals surface area contributed by atoms with Crippen LogP contribution >= 0.6 is 15.9 Å². The first-order chi connectivity index (χ1) is 5.39. The smallest absolute Gasteiger partial charge is 0.214 e. The van der Waals surface area contributed by atoms with Crippen molar-refractivity contribution in [3.05, 3.63) is 28.2 Å². The van der Waals surface area contributed by atoms with Crippen LogP contribution < -0.4 is 5.19 Å². The highest BCUT2D eigenvalue weighted by atomic mass is 79.9. The predicted molar refractivity (Wildman–Crippen MR) is 58.2 cm³/mol. The highest BCUT2D eigenvalue weighted by molar-refractivity contribution is 9.10. The van der Waals surface area contributed by atoms with Crippen LogP contribution in [0.1, 0.15) is 5.56 Å². The Kier molecular flexibility index (Phi) is 2.76. The molecule has 0 aliphatic heterocycles. The van der Waals surface area contributed by atoms with Gasteiger partial charge in [0.25, 0.3) is 0 Å². The van der Waals surface area contributed by atoms with Crippen LogP contribution in [-0.4, -0.2) is 13.1 Å². The zero-order valence-electron chi connectivity index (χ0n) is 7.56. The van der Waals surface area contributed by atoms with Crippen molar-refractivity contribution >= 4 is 29.4 Å². The molecule has 3 heteroatoms. The van der Waals surface area contributed by atoms with Gasteiger partial charge in [-0.3, -0.25) is 0 Å². The average molecular weight is 245 g/mol. The van der Waals surface area contributed by atoms with Crippen LogP contribution in [0.3, 0.4) is 0 Å². The highest BCUT2D eigenvalue weighted by Gasteiger charge is 2.20. The number of halogens is 1. The first kappa shape index (κ1) is 9.96. The van der Waals surface area contributed by atoms with Crippen molar-refractivity contribution < 1.29 is 4.80 Å². The molecule has 1 N–H and O–H groups in total. The summed E-state index contributed by atoms with van der Waals surface area (Å²) >= 11 is 3.42. The van der Waals surface area contributed by atoms with E-state index in [-0.39, 0.29) is 0 Å². The quantitative estimate of drug-likeness (QED) is 0.752. The first-order valence-electron chi connectivity index (χ1n) is 3.89. The van der Waals surface area contributed by atoms with Gasteiger partial charge in [0.2, 0.25) is 8.32 Å². The summed E-state index contributed by atoms with van der Waals surface area (Å²) < 4.78 is 1.05. The lowest BCUT2D eigenvalue weighted by molar-refractivity contribution is 0.568. The minimum atomic E-state index is -2.13. The number of benzene rings is 1. The van der Waals surface area contributed by atoms with E-state index >= 15 is 0 Å². The van der Waals surface area contributed by atoms with Crippen LogP contribution in [0.4, 0.5) is 0 Å². The molecule has 1 aromatic rings. The van der Waals surface area contributed by atoms with E-state index in [4.69, 9.17) is 0 Å². The topological polar surface area (TPSA) is 20.2 Å². The van der Waals surface area contributed by atoms with Gasteiger partial charge in [0.05, 0.1) is 0 Å². The number of aryl methyl sites for hydroxylation is 1. The molecule has 0 fully saturated rings. The minimum Gasteiger partial charge on any atom is -0.428 e. The maximum atomic E-state index is 9.86. The summed E-state index contributed by atoms with van der Waals surface area (Å²) in [5.74, 6) is 0. The molecule has 1 aromatic carbocycles. The third-order valence-electron chi connectivity index (χ3n) is 1.75. The molecule has 0 unspecified atom stereocenters. The van der Waals surface area contributed by atoms with Gasteiger partial charge in [-0.15, -0.1) is 0 Å². The molecule has 66 valence electrons. The molecule has 0 amide bonds. The summed E-state index contributed by atoms with van der Waals surface area (Å²) in [5.41, 5.74) is 1.19. The Morgan fingerprint density at radius 3 is 2.25 bits per heavy atom. The van der Waals surface area contributed by atoms with Crippen molar-refractivity contribution in [2.45, 2.75) is 20.0 Å². The molecule has 1 nitrogen and oxygen atoms in total. The normalized spacial score (nSPS) is 11.8. The van der Waals surface area contributed by atoms with Gasteiger partial charge in [0, 0.05) is 4.47 Å². The van der Waals surface area contributed by atoms with Crippen molar-refractivity contribution in [2.24, 2.45) is 0 Å². The molecule has 0 aliphatic carbocycles. The molecule has 0 saturated heterocycles. The van der Waals surface area contributed by atoms with E-state index in [0.717, 1.165) is 9.66 Å². The number of rotatable bonds is 1. The Morgan fingerprint density at radius 2 is 1.83 bits per heavy atom. The average Bonchev–Trinajstić information content (AvgIpc) is 1.82. The van der Waals surface area contributed by atoms with Crippen molar-refractivity contribution in [1.29, 1.82) is 0 Å². The molecule has 0 atom stereocenters. The van der Waals surface area contributed by atoms with Gasteiger partial charge in [-0.25, -0.2) is 0 Å². The van der Waals surface area contributed by atoms with Crippen LogP contribution in [0, 0.1) is 6.92 Å². The summed E-state index contributed by atoms with van der Waals surface area (Å²) in [6.07, 6.45) is 0. The maximum absolute atomic E-state index is 9.86. The summed E-state index contributed by atoms with van der Waals surface area (Å²) in [6, 6.07) is 6.10. The SMILES string of the molecule is Cc1cc(Br)cc([Si](C)(C)O)c1. The molecule has 12 heavy (non-hydrogen) atoms. The molecule has 0 radical (unpaired) electrons. The lowest BCUT2D eigenvalue weighted by Gasteiger charge is -2.15. The Hall–Kier alpha value is -0.123. The van der Waals surface area contributed by atoms with Crippen molar-refractivity contribution in [1.82, 2.24) is 0 Å². The molecule has 0 heterocycles. The number of hydrogen-bond acceptors (Lipinski definition) is 1. The second-order valence-corrected chi connectivity index (χ2v) is 8.19.